The number of allylic oxidation sites excluding steroid dienone is 1. The minimum absolute atomic E-state index is 0.380. The molecule has 0 aromatic heterocycles. The Morgan fingerprint density at radius 3 is 2.57 bits per heavy atom. The van der Waals surface area contributed by atoms with E-state index >= 15 is 0 Å². The van der Waals surface area contributed by atoms with E-state index in [9.17, 15) is 4.79 Å². The van der Waals surface area contributed by atoms with E-state index in [-0.39, 0.29) is 0 Å². The van der Waals surface area contributed by atoms with Crippen molar-refractivity contribution < 1.29 is 4.79 Å². The predicted octanol–water partition coefficient (Wildman–Crippen LogP) is 2.45. The zero-order valence-electron chi connectivity index (χ0n) is 8.03. The summed E-state index contributed by atoms with van der Waals surface area (Å²) in [6.07, 6.45) is 4.46. The maximum Gasteiger partial charge on any atom is 0.152 e. The number of aliphatic imine (C=N–C) groups is 1. The van der Waals surface area contributed by atoms with Crippen molar-refractivity contribution in [2.45, 2.75) is 6.92 Å². The van der Waals surface area contributed by atoms with Crippen LogP contribution in [0.5, 0.6) is 0 Å². The normalized spacial score (nSPS) is 10.4. The molecule has 1 aromatic rings. The lowest BCUT2D eigenvalue weighted by Crippen LogP contribution is -1.94. The van der Waals surface area contributed by atoms with Gasteiger partial charge in [-0.25, -0.2) is 0 Å². The molecule has 0 heterocycles. The first-order chi connectivity index (χ1) is 6.74. The molecule has 0 spiro atoms. The van der Waals surface area contributed by atoms with E-state index in [0.717, 1.165) is 5.56 Å². The first-order valence-electron chi connectivity index (χ1n) is 4.21. The van der Waals surface area contributed by atoms with Gasteiger partial charge in [0.15, 0.2) is 6.29 Å². The molecule has 3 nitrogen and oxygen atoms in total. The molecule has 0 fully saturated rings. The molecule has 3 heteroatoms. The van der Waals surface area contributed by atoms with Gasteiger partial charge >= 0.3 is 0 Å². The highest BCUT2D eigenvalue weighted by Crippen LogP contribution is 2.30. The molecule has 72 valence electrons. The van der Waals surface area contributed by atoms with Gasteiger partial charge in [0.2, 0.25) is 0 Å². The van der Waals surface area contributed by atoms with Crippen LogP contribution in [0.1, 0.15) is 22.8 Å². The lowest BCUT2D eigenvalue weighted by atomic mass is 10.1. The third-order valence-corrected chi connectivity index (χ3v) is 1.91. The monoisotopic (exact) mass is 188 g/mol. The Hall–Kier alpha value is -1.90. The van der Waals surface area contributed by atoms with Crippen LogP contribution in [0.25, 0.3) is 6.08 Å². The number of nitrogen functional groups attached to an aromatic ring is 1. The Morgan fingerprint density at radius 2 is 2.07 bits per heavy atom. The molecule has 0 aliphatic heterocycles. The van der Waals surface area contributed by atoms with Crippen molar-refractivity contribution in [3.8, 4) is 0 Å². The number of aldehydes is 1. The van der Waals surface area contributed by atoms with E-state index in [1.807, 2.05) is 19.1 Å². The van der Waals surface area contributed by atoms with E-state index in [4.69, 9.17) is 5.73 Å². The third kappa shape index (κ3) is 1.71. The van der Waals surface area contributed by atoms with Gasteiger partial charge in [0, 0.05) is 11.1 Å². The summed E-state index contributed by atoms with van der Waals surface area (Å²) in [6, 6.07) is 3.47. The Morgan fingerprint density at radius 1 is 1.43 bits per heavy atom. The number of nitrogens with two attached hydrogens (primary N) is 1. The molecule has 2 N–H and O–H groups in total. The highest BCUT2D eigenvalue weighted by atomic mass is 16.1. The largest absolute Gasteiger partial charge is 0.396 e. The van der Waals surface area contributed by atoms with Crippen molar-refractivity contribution in [1.29, 1.82) is 0 Å². The summed E-state index contributed by atoms with van der Waals surface area (Å²) in [5.41, 5.74) is 7.99. The number of nitrogens with zero attached hydrogens (tertiary/aromatic N) is 1. The Kier molecular flexibility index (Phi) is 3.18. The third-order valence-electron chi connectivity index (χ3n) is 1.91. The second kappa shape index (κ2) is 4.37. The van der Waals surface area contributed by atoms with Crippen LogP contribution < -0.4 is 5.73 Å². The highest BCUT2D eigenvalue weighted by molar-refractivity contribution is 5.91. The Labute approximate surface area is 83.0 Å². The Balaban J connectivity index is 3.42. The second-order valence-corrected chi connectivity index (χ2v) is 2.78. The first kappa shape index (κ1) is 10.2. The topological polar surface area (TPSA) is 55.5 Å². The molecule has 0 bridgehead atoms. The molecule has 0 saturated carbocycles. The molecule has 0 aliphatic rings. The molecule has 0 atom stereocenters. The number of anilines is 1. The summed E-state index contributed by atoms with van der Waals surface area (Å²) >= 11 is 0. The predicted molar refractivity (Wildman–Crippen MR) is 60.2 cm³/mol. The van der Waals surface area contributed by atoms with E-state index in [0.29, 0.717) is 23.2 Å². The quantitative estimate of drug-likeness (QED) is 0.450. The van der Waals surface area contributed by atoms with Crippen LogP contribution in [-0.4, -0.2) is 13.0 Å². The molecule has 0 aliphatic carbocycles. The smallest absolute Gasteiger partial charge is 0.152 e. The molecular weight excluding hydrogens is 176 g/mol. The summed E-state index contributed by atoms with van der Waals surface area (Å²) in [5, 5.41) is 0. The van der Waals surface area contributed by atoms with Crippen molar-refractivity contribution in [1.82, 2.24) is 0 Å². The maximum atomic E-state index is 10.6. The van der Waals surface area contributed by atoms with Crippen molar-refractivity contribution in [3.05, 3.63) is 29.3 Å². The second-order valence-electron chi connectivity index (χ2n) is 2.78. The lowest BCUT2D eigenvalue weighted by Gasteiger charge is -2.06. The van der Waals surface area contributed by atoms with Gasteiger partial charge in [0.05, 0.1) is 11.4 Å². The van der Waals surface area contributed by atoms with Gasteiger partial charge in [-0.2, -0.15) is 0 Å². The maximum absolute atomic E-state index is 10.6. The van der Waals surface area contributed by atoms with Crippen molar-refractivity contribution in [2.75, 3.05) is 5.73 Å². The standard InChI is InChI=1S/C11H12N2O/c1-3-4-8-5-6-9(7-14)10(12)11(8)13-2/h3-7H,2,12H2,1H3/b4-3-. The number of benzene rings is 1. The van der Waals surface area contributed by atoms with Gasteiger partial charge in [-0.05, 0) is 19.7 Å². The molecule has 0 radical (unpaired) electrons. The first-order valence-corrected chi connectivity index (χ1v) is 4.21. The average Bonchev–Trinajstić information content (AvgIpc) is 2.19. The van der Waals surface area contributed by atoms with Crippen LogP contribution >= 0.6 is 0 Å². The summed E-state index contributed by atoms with van der Waals surface area (Å²) in [4.78, 5) is 14.4. The van der Waals surface area contributed by atoms with Crippen LogP contribution in [0.4, 0.5) is 11.4 Å². The van der Waals surface area contributed by atoms with E-state index in [1.165, 1.54) is 0 Å². The van der Waals surface area contributed by atoms with Crippen LogP contribution in [0.2, 0.25) is 0 Å². The van der Waals surface area contributed by atoms with Gasteiger partial charge in [-0.15, -0.1) is 0 Å². The van der Waals surface area contributed by atoms with Crippen molar-refractivity contribution in [2.24, 2.45) is 4.99 Å². The molecule has 0 saturated heterocycles. The molecule has 14 heavy (non-hydrogen) atoms. The zero-order chi connectivity index (χ0) is 10.6. The van der Waals surface area contributed by atoms with E-state index < -0.39 is 0 Å². The minimum atomic E-state index is 0.380. The van der Waals surface area contributed by atoms with Gasteiger partial charge in [-0.1, -0.05) is 18.2 Å². The van der Waals surface area contributed by atoms with E-state index in [1.54, 1.807) is 12.1 Å². The Bertz CT molecular complexity index is 395. The number of carbonyl (C=O) groups excluding carboxylic acids is 1. The average molecular weight is 188 g/mol. The summed E-state index contributed by atoms with van der Waals surface area (Å²) in [6.45, 7) is 5.33. The number of hydrogen-bond donors (Lipinski definition) is 1. The van der Waals surface area contributed by atoms with Gasteiger partial charge in [-0.3, -0.25) is 9.79 Å². The number of carbonyl (C=O) groups is 1. The minimum Gasteiger partial charge on any atom is -0.396 e. The highest BCUT2D eigenvalue weighted by Gasteiger charge is 2.06. The van der Waals surface area contributed by atoms with Gasteiger partial charge < -0.3 is 5.73 Å². The summed E-state index contributed by atoms with van der Waals surface area (Å²) < 4.78 is 0. The summed E-state index contributed by atoms with van der Waals surface area (Å²) in [5.74, 6) is 0. The van der Waals surface area contributed by atoms with Crippen LogP contribution in [-0.2, 0) is 0 Å². The van der Waals surface area contributed by atoms with Crippen LogP contribution in [0, 0.1) is 0 Å². The van der Waals surface area contributed by atoms with Crippen LogP contribution in [0.15, 0.2) is 23.2 Å². The summed E-state index contributed by atoms with van der Waals surface area (Å²) in [7, 11) is 0. The molecule has 1 aromatic carbocycles. The lowest BCUT2D eigenvalue weighted by molar-refractivity contribution is 0.112. The SMILES string of the molecule is C=Nc1c(/C=C\C)ccc(C=O)c1N. The van der Waals surface area contributed by atoms with Crippen molar-refractivity contribution >= 4 is 30.5 Å². The van der Waals surface area contributed by atoms with Crippen LogP contribution in [0.3, 0.4) is 0 Å². The molecule has 0 unspecified atom stereocenters. The number of rotatable bonds is 3. The fourth-order valence-electron chi connectivity index (χ4n) is 1.23. The molecule has 1 rings (SSSR count). The fourth-order valence-corrected chi connectivity index (χ4v) is 1.23. The van der Waals surface area contributed by atoms with Crippen molar-refractivity contribution in [3.63, 3.8) is 0 Å². The number of hydrogen-bond acceptors (Lipinski definition) is 3. The molecule has 0 amide bonds. The molecular formula is C11H12N2O. The van der Waals surface area contributed by atoms with E-state index in [2.05, 4.69) is 11.7 Å². The van der Waals surface area contributed by atoms with Gasteiger partial charge in [0.1, 0.15) is 0 Å². The fraction of sp³-hybridized carbons (Fsp3) is 0.0909. The van der Waals surface area contributed by atoms with Gasteiger partial charge in [0.25, 0.3) is 0 Å². The zero-order valence-corrected chi connectivity index (χ0v) is 8.03.